The molecule has 0 spiro atoms. The molecule has 0 aliphatic rings. The van der Waals surface area contributed by atoms with Crippen LogP contribution in [0.5, 0.6) is 0 Å². The maximum atomic E-state index is 12.6. The Kier molecular flexibility index (Phi) is 7.94. The average Bonchev–Trinajstić information content (AvgIpc) is 2.77. The average molecular weight is 471 g/mol. The zero-order valence-corrected chi connectivity index (χ0v) is 19.7. The molecule has 32 heavy (non-hydrogen) atoms. The van der Waals surface area contributed by atoms with Gasteiger partial charge in [-0.3, -0.25) is 9.10 Å². The maximum absolute atomic E-state index is 12.6. The van der Waals surface area contributed by atoms with Gasteiger partial charge in [0.2, 0.25) is 10.0 Å². The number of sulfonamides is 1. The van der Waals surface area contributed by atoms with E-state index in [0.29, 0.717) is 21.8 Å². The van der Waals surface area contributed by atoms with E-state index in [1.54, 1.807) is 42.5 Å². The summed E-state index contributed by atoms with van der Waals surface area (Å²) in [6.45, 7) is 2.09. The third-order valence-electron chi connectivity index (χ3n) is 5.18. The van der Waals surface area contributed by atoms with Crippen molar-refractivity contribution in [1.82, 2.24) is 5.32 Å². The number of amides is 1. The zero-order chi connectivity index (χ0) is 23.1. The molecule has 1 N–H and O–H groups in total. The van der Waals surface area contributed by atoms with Crippen LogP contribution in [0.3, 0.4) is 0 Å². The summed E-state index contributed by atoms with van der Waals surface area (Å²) in [5, 5.41) is 3.51. The molecule has 0 aliphatic carbocycles. The third-order valence-corrected chi connectivity index (χ3v) is 6.69. The normalized spacial score (nSPS) is 12.2. The van der Waals surface area contributed by atoms with E-state index in [4.69, 9.17) is 11.6 Å². The lowest BCUT2D eigenvalue weighted by atomic mass is 10.1. The van der Waals surface area contributed by atoms with E-state index < -0.39 is 10.0 Å². The summed E-state index contributed by atoms with van der Waals surface area (Å²) in [6, 6.07) is 23.8. The Bertz CT molecular complexity index is 1150. The van der Waals surface area contributed by atoms with Crippen LogP contribution in [0.4, 0.5) is 5.69 Å². The fourth-order valence-electron chi connectivity index (χ4n) is 3.37. The van der Waals surface area contributed by atoms with Crippen molar-refractivity contribution in [2.24, 2.45) is 0 Å². The summed E-state index contributed by atoms with van der Waals surface area (Å²) in [4.78, 5) is 12.6. The minimum Gasteiger partial charge on any atom is -0.350 e. The highest BCUT2D eigenvalue weighted by molar-refractivity contribution is 7.92. The van der Waals surface area contributed by atoms with Crippen LogP contribution in [0.1, 0.15) is 34.8 Å². The van der Waals surface area contributed by atoms with E-state index in [1.807, 2.05) is 31.2 Å². The number of benzene rings is 3. The van der Waals surface area contributed by atoms with Gasteiger partial charge in [0, 0.05) is 16.6 Å². The van der Waals surface area contributed by atoms with Gasteiger partial charge >= 0.3 is 0 Å². The number of carbonyl (C=O) groups excluding carboxylic acids is 1. The van der Waals surface area contributed by atoms with E-state index in [-0.39, 0.29) is 18.5 Å². The van der Waals surface area contributed by atoms with Gasteiger partial charge in [-0.05, 0) is 61.2 Å². The third kappa shape index (κ3) is 6.58. The van der Waals surface area contributed by atoms with E-state index in [0.717, 1.165) is 19.1 Å². The largest absolute Gasteiger partial charge is 0.350 e. The summed E-state index contributed by atoms with van der Waals surface area (Å²) in [6.07, 6.45) is 2.86. The Balaban J connectivity index is 1.66. The first-order valence-electron chi connectivity index (χ1n) is 10.4. The molecule has 0 unspecified atom stereocenters. The van der Waals surface area contributed by atoms with Gasteiger partial charge in [-0.15, -0.1) is 0 Å². The van der Waals surface area contributed by atoms with Gasteiger partial charge in [0.25, 0.3) is 5.91 Å². The fraction of sp³-hybridized carbons (Fsp3) is 0.240. The first-order chi connectivity index (χ1) is 15.2. The van der Waals surface area contributed by atoms with E-state index >= 15 is 0 Å². The Labute approximate surface area is 195 Å². The Morgan fingerprint density at radius 1 is 0.969 bits per heavy atom. The first-order valence-corrected chi connectivity index (χ1v) is 12.6. The van der Waals surface area contributed by atoms with Crippen molar-refractivity contribution in [3.63, 3.8) is 0 Å². The van der Waals surface area contributed by atoms with Gasteiger partial charge in [-0.2, -0.15) is 0 Å². The Morgan fingerprint density at radius 2 is 1.59 bits per heavy atom. The smallest absolute Gasteiger partial charge is 0.251 e. The Hall–Kier alpha value is -2.83. The number of hydrogen-bond acceptors (Lipinski definition) is 3. The molecule has 0 saturated heterocycles. The number of hydrogen-bond donors (Lipinski definition) is 1. The van der Waals surface area contributed by atoms with Gasteiger partial charge in [0.1, 0.15) is 0 Å². The molecule has 0 aromatic heterocycles. The van der Waals surface area contributed by atoms with Gasteiger partial charge in [0.05, 0.1) is 18.5 Å². The minimum absolute atomic E-state index is 0.00937. The topological polar surface area (TPSA) is 66.5 Å². The molecule has 0 fully saturated rings. The molecule has 0 bridgehead atoms. The highest BCUT2D eigenvalue weighted by atomic mass is 35.5. The van der Waals surface area contributed by atoms with E-state index in [9.17, 15) is 13.2 Å². The molecule has 0 radical (unpaired) electrons. The standard InChI is InChI=1S/C25H27ClN2O3S/c1-19(12-13-20-8-4-3-5-9-20)27-25(29)21-14-16-23(17-15-21)28(32(2,30)31)18-22-10-6-7-11-24(22)26/h3-11,14-17,19H,12-13,18H2,1-2H3,(H,27,29)/t19-/m0/s1. The number of carbonyl (C=O) groups is 1. The van der Waals surface area contributed by atoms with Crippen molar-refractivity contribution in [2.75, 3.05) is 10.6 Å². The Morgan fingerprint density at radius 3 is 2.22 bits per heavy atom. The summed E-state index contributed by atoms with van der Waals surface area (Å²) >= 11 is 6.21. The van der Waals surface area contributed by atoms with Crippen LogP contribution in [0.2, 0.25) is 5.02 Å². The van der Waals surface area contributed by atoms with Crippen molar-refractivity contribution in [3.8, 4) is 0 Å². The molecule has 168 valence electrons. The lowest BCUT2D eigenvalue weighted by Gasteiger charge is -2.23. The van der Waals surface area contributed by atoms with E-state index in [1.165, 1.54) is 9.87 Å². The molecule has 3 aromatic rings. The lowest BCUT2D eigenvalue weighted by Crippen LogP contribution is -2.33. The van der Waals surface area contributed by atoms with Crippen LogP contribution in [-0.4, -0.2) is 26.6 Å². The van der Waals surface area contributed by atoms with Crippen molar-refractivity contribution in [2.45, 2.75) is 32.4 Å². The van der Waals surface area contributed by atoms with Crippen LogP contribution < -0.4 is 9.62 Å². The number of anilines is 1. The second-order valence-corrected chi connectivity index (χ2v) is 10.1. The SMILES string of the molecule is C[C@@H](CCc1ccccc1)NC(=O)c1ccc(N(Cc2ccccc2Cl)S(C)(=O)=O)cc1. The highest BCUT2D eigenvalue weighted by Crippen LogP contribution is 2.24. The fourth-order valence-corrected chi connectivity index (χ4v) is 4.44. The van der Waals surface area contributed by atoms with Gasteiger partial charge in [0.15, 0.2) is 0 Å². The number of rotatable bonds is 9. The van der Waals surface area contributed by atoms with Crippen molar-refractivity contribution >= 4 is 33.2 Å². The molecular formula is C25H27ClN2O3S. The summed E-state index contributed by atoms with van der Waals surface area (Å²) in [7, 11) is -3.54. The molecule has 0 saturated carbocycles. The second kappa shape index (κ2) is 10.7. The first kappa shape index (κ1) is 23.8. The van der Waals surface area contributed by atoms with Gasteiger partial charge in [-0.25, -0.2) is 8.42 Å². The number of nitrogens with zero attached hydrogens (tertiary/aromatic N) is 1. The van der Waals surface area contributed by atoms with Crippen LogP contribution in [-0.2, 0) is 23.0 Å². The quantitative estimate of drug-likeness (QED) is 0.475. The van der Waals surface area contributed by atoms with Crippen molar-refractivity contribution < 1.29 is 13.2 Å². The summed E-state index contributed by atoms with van der Waals surface area (Å²) < 4.78 is 26.1. The van der Waals surface area contributed by atoms with Crippen molar-refractivity contribution in [3.05, 3.63) is 101 Å². The molecule has 0 heterocycles. The molecule has 1 atom stereocenters. The van der Waals surface area contributed by atoms with Crippen molar-refractivity contribution in [1.29, 1.82) is 0 Å². The molecule has 0 aliphatic heterocycles. The highest BCUT2D eigenvalue weighted by Gasteiger charge is 2.20. The predicted molar refractivity (Wildman–Crippen MR) is 131 cm³/mol. The van der Waals surface area contributed by atoms with Crippen LogP contribution in [0.15, 0.2) is 78.9 Å². The summed E-state index contributed by atoms with van der Waals surface area (Å²) in [5.41, 5.74) is 2.89. The summed E-state index contributed by atoms with van der Waals surface area (Å²) in [5.74, 6) is -0.186. The number of aryl methyl sites for hydroxylation is 1. The van der Waals surface area contributed by atoms with Crippen LogP contribution in [0.25, 0.3) is 0 Å². The minimum atomic E-state index is -3.54. The maximum Gasteiger partial charge on any atom is 0.251 e. The number of nitrogens with one attached hydrogen (secondary N) is 1. The monoisotopic (exact) mass is 470 g/mol. The predicted octanol–water partition coefficient (Wildman–Crippen LogP) is 5.06. The van der Waals surface area contributed by atoms with Gasteiger partial charge in [-0.1, -0.05) is 60.1 Å². The molecule has 3 aromatic carbocycles. The molecule has 1 amide bonds. The lowest BCUT2D eigenvalue weighted by molar-refractivity contribution is 0.0938. The molecule has 5 nitrogen and oxygen atoms in total. The number of halogens is 1. The molecular weight excluding hydrogens is 444 g/mol. The molecule has 3 rings (SSSR count). The van der Waals surface area contributed by atoms with Gasteiger partial charge < -0.3 is 5.32 Å². The van der Waals surface area contributed by atoms with Crippen LogP contribution in [0, 0.1) is 0 Å². The molecule has 7 heteroatoms. The van der Waals surface area contributed by atoms with Crippen LogP contribution >= 0.6 is 11.6 Å². The van der Waals surface area contributed by atoms with E-state index in [2.05, 4.69) is 17.4 Å². The zero-order valence-electron chi connectivity index (χ0n) is 18.2. The second-order valence-electron chi connectivity index (χ2n) is 7.81.